The van der Waals surface area contributed by atoms with Crippen LogP contribution in [0, 0.1) is 11.7 Å². The first-order valence-corrected chi connectivity index (χ1v) is 13.1. The van der Waals surface area contributed by atoms with Crippen molar-refractivity contribution in [1.29, 1.82) is 0 Å². The Kier molecular flexibility index (Phi) is 9.72. The number of nitrogens with one attached hydrogen (secondary N) is 2. The molecule has 4 rings (SSSR count). The Hall–Kier alpha value is -3.70. The molecule has 0 bridgehead atoms. The van der Waals surface area contributed by atoms with E-state index in [9.17, 15) is 23.9 Å². The minimum Gasteiger partial charge on any atom is -0.463 e. The largest absolute Gasteiger partial charge is 0.463 e. The molecule has 1 fully saturated rings. The molecule has 0 aromatic heterocycles. The summed E-state index contributed by atoms with van der Waals surface area (Å²) in [4.78, 5) is 38.7. The number of rotatable bonds is 8. The average molecular weight is 544 g/mol. The molecule has 10 nitrogen and oxygen atoms in total. The number of carbonyl (C=O) groups excluding carboxylic acids is 3. The summed E-state index contributed by atoms with van der Waals surface area (Å²) >= 11 is 0. The van der Waals surface area contributed by atoms with Gasteiger partial charge in [-0.2, -0.15) is 0 Å². The fraction of sp³-hybridized carbons (Fsp3) is 0.464. The Bertz CT molecular complexity index is 1170. The van der Waals surface area contributed by atoms with Crippen LogP contribution in [0.2, 0.25) is 0 Å². The van der Waals surface area contributed by atoms with Gasteiger partial charge in [0.05, 0.1) is 12.3 Å². The molecule has 0 unspecified atom stereocenters. The van der Waals surface area contributed by atoms with E-state index in [1.54, 1.807) is 23.1 Å². The van der Waals surface area contributed by atoms with Gasteiger partial charge >= 0.3 is 18.1 Å². The lowest BCUT2D eigenvalue weighted by atomic mass is 9.85. The Morgan fingerprint density at radius 2 is 1.82 bits per heavy atom. The highest BCUT2D eigenvalue weighted by atomic mass is 19.1. The van der Waals surface area contributed by atoms with E-state index in [0.717, 1.165) is 24.0 Å². The zero-order valence-electron chi connectivity index (χ0n) is 21.6. The molecule has 11 heteroatoms. The third-order valence-electron chi connectivity index (χ3n) is 7.02. The number of nitrogens with zero attached hydrogens (tertiary/aromatic N) is 1. The number of anilines is 2. The normalized spacial score (nSPS) is 19.4. The fourth-order valence-electron chi connectivity index (χ4n) is 4.84. The van der Waals surface area contributed by atoms with Crippen molar-refractivity contribution in [2.24, 2.45) is 5.92 Å². The van der Waals surface area contributed by atoms with E-state index >= 15 is 0 Å². The average Bonchev–Trinajstić information content (AvgIpc) is 2.93. The molecule has 1 atom stereocenters. The summed E-state index contributed by atoms with van der Waals surface area (Å²) in [7, 11) is 0. The van der Waals surface area contributed by atoms with E-state index in [-0.39, 0.29) is 36.8 Å². The Morgan fingerprint density at radius 1 is 1.05 bits per heavy atom. The molecule has 0 saturated heterocycles. The van der Waals surface area contributed by atoms with Crippen LogP contribution in [0.4, 0.5) is 25.4 Å². The van der Waals surface area contributed by atoms with Crippen molar-refractivity contribution < 1.29 is 38.5 Å². The van der Waals surface area contributed by atoms with Crippen LogP contribution in [0.1, 0.15) is 43.2 Å². The summed E-state index contributed by atoms with van der Waals surface area (Å²) in [5.41, 5.74) is 2.64. The number of hydrogen-bond donors (Lipinski definition) is 4. The second kappa shape index (κ2) is 13.4. The summed E-state index contributed by atoms with van der Waals surface area (Å²) in [5.74, 6) is -0.786. The van der Waals surface area contributed by atoms with Gasteiger partial charge in [-0.1, -0.05) is 18.2 Å². The first-order chi connectivity index (χ1) is 18.8. The highest BCUT2D eigenvalue weighted by Crippen LogP contribution is 2.30. The van der Waals surface area contributed by atoms with Crippen LogP contribution in [-0.2, 0) is 27.2 Å². The van der Waals surface area contributed by atoms with Gasteiger partial charge in [0.1, 0.15) is 24.6 Å². The number of urea groups is 1. The number of esters is 1. The van der Waals surface area contributed by atoms with Crippen LogP contribution in [0.15, 0.2) is 42.5 Å². The van der Waals surface area contributed by atoms with Crippen LogP contribution in [0.5, 0.6) is 0 Å². The zero-order chi connectivity index (χ0) is 27.8. The first-order valence-electron chi connectivity index (χ1n) is 13.1. The standard InChI is InChI=1S/C28H34FN3O7/c29-24-3-1-2-4-25(24)31-27(36)30-21-8-7-20-15-32(12-11-19(20)14-21)28(37)39-23-9-5-18(6-10-23)13-26(35)38-17-22(34)16-33/h1-4,7-8,14,18,22-23,33-34H,5-6,9-13,15-17H2,(H2,30,31,36)/t18-,22-,23-/m1/s1. The van der Waals surface area contributed by atoms with Gasteiger partial charge < -0.3 is 35.2 Å². The predicted molar refractivity (Wildman–Crippen MR) is 140 cm³/mol. The van der Waals surface area contributed by atoms with Gasteiger partial charge in [-0.3, -0.25) is 4.79 Å². The van der Waals surface area contributed by atoms with Crippen LogP contribution in [0.25, 0.3) is 0 Å². The molecule has 1 aliphatic heterocycles. The minimum absolute atomic E-state index is 0.0908. The quantitative estimate of drug-likeness (QED) is 0.372. The Labute approximate surface area is 226 Å². The molecular formula is C28H34FN3O7. The topological polar surface area (TPSA) is 137 Å². The van der Waals surface area contributed by atoms with E-state index in [1.165, 1.54) is 12.1 Å². The fourth-order valence-corrected chi connectivity index (χ4v) is 4.84. The zero-order valence-corrected chi connectivity index (χ0v) is 21.6. The van der Waals surface area contributed by atoms with Crippen molar-refractivity contribution in [2.75, 3.05) is 30.4 Å². The molecule has 2 aromatic rings. The van der Waals surface area contributed by atoms with Gasteiger partial charge in [0.2, 0.25) is 0 Å². The lowest BCUT2D eigenvalue weighted by molar-refractivity contribution is -0.148. The van der Waals surface area contributed by atoms with E-state index in [2.05, 4.69) is 10.6 Å². The number of carbonyl (C=O) groups is 3. The van der Waals surface area contributed by atoms with E-state index in [0.29, 0.717) is 38.0 Å². The van der Waals surface area contributed by atoms with Gasteiger partial charge in [-0.15, -0.1) is 0 Å². The molecule has 1 saturated carbocycles. The van der Waals surface area contributed by atoms with Gasteiger partial charge in [0.15, 0.2) is 0 Å². The van der Waals surface area contributed by atoms with Crippen molar-refractivity contribution in [3.8, 4) is 0 Å². The summed E-state index contributed by atoms with van der Waals surface area (Å²) in [6.07, 6.45) is 2.00. The van der Waals surface area contributed by atoms with Crippen LogP contribution in [0.3, 0.4) is 0 Å². The number of amides is 3. The molecule has 4 N–H and O–H groups in total. The van der Waals surface area contributed by atoms with E-state index in [1.807, 2.05) is 12.1 Å². The maximum atomic E-state index is 13.8. The second-order valence-electron chi connectivity index (χ2n) is 9.96. The molecule has 0 radical (unpaired) electrons. The highest BCUT2D eigenvalue weighted by molar-refractivity contribution is 5.99. The number of fused-ring (bicyclic) bond motifs is 1. The molecular weight excluding hydrogens is 509 g/mol. The van der Waals surface area contributed by atoms with Crippen molar-refractivity contribution in [2.45, 2.75) is 57.3 Å². The van der Waals surface area contributed by atoms with Gasteiger partial charge in [0.25, 0.3) is 0 Å². The number of benzene rings is 2. The number of aliphatic hydroxyl groups is 2. The number of ether oxygens (including phenoxy) is 2. The lowest BCUT2D eigenvalue weighted by Crippen LogP contribution is -2.39. The third kappa shape index (κ3) is 8.14. The summed E-state index contributed by atoms with van der Waals surface area (Å²) in [6.45, 7) is 0.208. The molecule has 2 aromatic carbocycles. The summed E-state index contributed by atoms with van der Waals surface area (Å²) < 4.78 is 24.5. The summed E-state index contributed by atoms with van der Waals surface area (Å²) in [6, 6.07) is 10.8. The highest BCUT2D eigenvalue weighted by Gasteiger charge is 2.29. The SMILES string of the molecule is O=C(Nc1ccc2c(c1)CCN(C(=O)O[C@H]1CC[C@H](CC(=O)OC[C@H](O)CO)CC1)C2)Nc1ccccc1F. The smallest absolute Gasteiger partial charge is 0.410 e. The molecule has 0 spiro atoms. The van der Waals surface area contributed by atoms with Gasteiger partial charge in [0, 0.05) is 25.2 Å². The van der Waals surface area contributed by atoms with Crippen LogP contribution in [-0.4, -0.2) is 65.2 Å². The number of para-hydroxylation sites is 1. The van der Waals surface area contributed by atoms with Crippen LogP contribution < -0.4 is 10.6 Å². The number of aliphatic hydroxyl groups excluding tert-OH is 2. The lowest BCUT2D eigenvalue weighted by Gasteiger charge is -2.32. The van der Waals surface area contributed by atoms with Crippen LogP contribution >= 0.6 is 0 Å². The molecule has 2 aliphatic rings. The van der Waals surface area contributed by atoms with E-state index < -0.39 is 30.5 Å². The minimum atomic E-state index is -1.07. The first kappa shape index (κ1) is 28.3. The van der Waals surface area contributed by atoms with Crippen molar-refractivity contribution in [1.82, 2.24) is 4.90 Å². The van der Waals surface area contributed by atoms with Crippen molar-refractivity contribution in [3.63, 3.8) is 0 Å². The summed E-state index contributed by atoms with van der Waals surface area (Å²) in [5, 5.41) is 23.3. The van der Waals surface area contributed by atoms with Crippen molar-refractivity contribution >= 4 is 29.5 Å². The van der Waals surface area contributed by atoms with Crippen molar-refractivity contribution in [3.05, 3.63) is 59.4 Å². The van der Waals surface area contributed by atoms with Gasteiger partial charge in [-0.25, -0.2) is 14.0 Å². The maximum Gasteiger partial charge on any atom is 0.410 e. The second-order valence-corrected chi connectivity index (χ2v) is 9.96. The number of hydrogen-bond acceptors (Lipinski definition) is 7. The Balaban J connectivity index is 1.20. The Morgan fingerprint density at radius 3 is 2.56 bits per heavy atom. The monoisotopic (exact) mass is 543 g/mol. The molecule has 39 heavy (non-hydrogen) atoms. The molecule has 210 valence electrons. The molecule has 1 heterocycles. The maximum absolute atomic E-state index is 13.8. The van der Waals surface area contributed by atoms with Gasteiger partial charge in [-0.05, 0) is 73.4 Å². The number of halogens is 1. The molecule has 1 aliphatic carbocycles. The predicted octanol–water partition coefficient (Wildman–Crippen LogP) is 3.81. The third-order valence-corrected chi connectivity index (χ3v) is 7.02. The molecule has 3 amide bonds. The van der Waals surface area contributed by atoms with E-state index in [4.69, 9.17) is 14.6 Å².